The third kappa shape index (κ3) is 3.35. The van der Waals surface area contributed by atoms with Crippen molar-refractivity contribution in [2.24, 2.45) is 0 Å². The second-order valence-corrected chi connectivity index (χ2v) is 5.50. The zero-order chi connectivity index (χ0) is 17.3. The standard InChI is InChI=1S/C15H15F3N4O2/c16-15(17,18)10-2-3-13(22-6-1-5-19-22)12(8-10)20-14(24)21-7-4-11(23)9-21/h1-3,5-6,8,11,23H,4,7,9H2,(H,20,24)/t11-/m1/s1. The summed E-state index contributed by atoms with van der Waals surface area (Å²) in [5, 5.41) is 16.0. The Labute approximate surface area is 135 Å². The summed E-state index contributed by atoms with van der Waals surface area (Å²) in [7, 11) is 0. The zero-order valence-corrected chi connectivity index (χ0v) is 12.5. The molecule has 24 heavy (non-hydrogen) atoms. The van der Waals surface area contributed by atoms with Crippen LogP contribution in [0, 0.1) is 0 Å². The minimum Gasteiger partial charge on any atom is -0.391 e. The maximum Gasteiger partial charge on any atom is 0.416 e. The largest absolute Gasteiger partial charge is 0.416 e. The number of likely N-dealkylation sites (tertiary alicyclic amines) is 1. The lowest BCUT2D eigenvalue weighted by molar-refractivity contribution is -0.137. The second kappa shape index (κ2) is 6.16. The van der Waals surface area contributed by atoms with Crippen molar-refractivity contribution in [3.8, 4) is 5.69 Å². The van der Waals surface area contributed by atoms with Gasteiger partial charge in [-0.05, 0) is 30.7 Å². The van der Waals surface area contributed by atoms with Gasteiger partial charge >= 0.3 is 12.2 Å². The second-order valence-electron chi connectivity index (χ2n) is 5.50. The number of nitrogens with one attached hydrogen (secondary N) is 1. The summed E-state index contributed by atoms with van der Waals surface area (Å²) in [6.07, 6.45) is -1.63. The van der Waals surface area contributed by atoms with E-state index in [9.17, 15) is 23.1 Å². The van der Waals surface area contributed by atoms with E-state index in [4.69, 9.17) is 0 Å². The number of urea groups is 1. The van der Waals surface area contributed by atoms with E-state index < -0.39 is 23.9 Å². The predicted octanol–water partition coefficient (Wildman–Crippen LogP) is 2.49. The average Bonchev–Trinajstić information content (AvgIpc) is 3.17. The van der Waals surface area contributed by atoms with Gasteiger partial charge in [0.15, 0.2) is 0 Å². The Morgan fingerprint density at radius 2 is 2.17 bits per heavy atom. The summed E-state index contributed by atoms with van der Waals surface area (Å²) in [6, 6.07) is 4.14. The van der Waals surface area contributed by atoms with E-state index in [0.29, 0.717) is 18.7 Å². The Kier molecular flexibility index (Phi) is 4.18. The summed E-state index contributed by atoms with van der Waals surface area (Å²) in [5.41, 5.74) is -0.545. The fourth-order valence-corrected chi connectivity index (χ4v) is 2.54. The van der Waals surface area contributed by atoms with Crippen LogP contribution >= 0.6 is 0 Å². The molecule has 0 radical (unpaired) electrons. The smallest absolute Gasteiger partial charge is 0.391 e. The van der Waals surface area contributed by atoms with Gasteiger partial charge in [0.2, 0.25) is 0 Å². The molecule has 1 aromatic carbocycles. The van der Waals surface area contributed by atoms with Crippen molar-refractivity contribution >= 4 is 11.7 Å². The van der Waals surface area contributed by atoms with Crippen LogP contribution in [-0.2, 0) is 6.18 Å². The topological polar surface area (TPSA) is 70.4 Å². The summed E-state index contributed by atoms with van der Waals surface area (Å²) < 4.78 is 40.2. The first-order chi connectivity index (χ1) is 11.3. The lowest BCUT2D eigenvalue weighted by atomic mass is 10.1. The monoisotopic (exact) mass is 340 g/mol. The molecule has 0 aliphatic carbocycles. The molecule has 2 amide bonds. The highest BCUT2D eigenvalue weighted by atomic mass is 19.4. The first kappa shape index (κ1) is 16.3. The highest BCUT2D eigenvalue weighted by molar-refractivity contribution is 5.92. The van der Waals surface area contributed by atoms with Gasteiger partial charge in [-0.25, -0.2) is 9.48 Å². The van der Waals surface area contributed by atoms with E-state index in [1.54, 1.807) is 12.3 Å². The van der Waals surface area contributed by atoms with Crippen molar-refractivity contribution in [2.45, 2.75) is 18.7 Å². The Hall–Kier alpha value is -2.55. The molecule has 9 heteroatoms. The Morgan fingerprint density at radius 1 is 1.38 bits per heavy atom. The van der Waals surface area contributed by atoms with Crippen LogP contribution in [0.1, 0.15) is 12.0 Å². The molecule has 1 fully saturated rings. The lowest BCUT2D eigenvalue weighted by Crippen LogP contribution is -2.34. The van der Waals surface area contributed by atoms with Gasteiger partial charge in [-0.15, -0.1) is 0 Å². The minimum absolute atomic E-state index is 0.0000789. The summed E-state index contributed by atoms with van der Waals surface area (Å²) in [6.45, 7) is 0.505. The fraction of sp³-hybridized carbons (Fsp3) is 0.333. The molecule has 0 bridgehead atoms. The number of carbonyl (C=O) groups excluding carboxylic acids is 1. The molecule has 2 aromatic rings. The number of aliphatic hydroxyl groups is 1. The average molecular weight is 340 g/mol. The van der Waals surface area contributed by atoms with Crippen LogP contribution in [0.4, 0.5) is 23.7 Å². The lowest BCUT2D eigenvalue weighted by Gasteiger charge is -2.19. The number of nitrogens with zero attached hydrogens (tertiary/aromatic N) is 3. The van der Waals surface area contributed by atoms with Crippen LogP contribution in [0.5, 0.6) is 0 Å². The normalized spacial score (nSPS) is 18.0. The number of benzene rings is 1. The summed E-state index contributed by atoms with van der Waals surface area (Å²) in [4.78, 5) is 13.6. The number of hydrogen-bond donors (Lipinski definition) is 2. The molecule has 2 N–H and O–H groups in total. The molecule has 0 saturated carbocycles. The number of β-amino-alcohol motifs (C(OH)–C–C–N with tert-alkyl or cyclic N) is 1. The SMILES string of the molecule is O=C(Nc1cc(C(F)(F)F)ccc1-n1cccn1)N1CC[C@@H](O)C1. The van der Waals surface area contributed by atoms with E-state index in [1.807, 2.05) is 0 Å². The van der Waals surface area contributed by atoms with E-state index in [2.05, 4.69) is 10.4 Å². The maximum atomic E-state index is 13.0. The number of alkyl halides is 3. The number of anilines is 1. The molecule has 1 aromatic heterocycles. The maximum absolute atomic E-state index is 13.0. The van der Waals surface area contributed by atoms with E-state index in [-0.39, 0.29) is 12.2 Å². The molecule has 1 atom stereocenters. The Bertz CT molecular complexity index is 731. The zero-order valence-electron chi connectivity index (χ0n) is 12.5. The van der Waals surface area contributed by atoms with Gasteiger partial charge in [0.25, 0.3) is 0 Å². The van der Waals surface area contributed by atoms with Gasteiger partial charge in [0.05, 0.1) is 23.0 Å². The van der Waals surface area contributed by atoms with Crippen LogP contribution in [-0.4, -0.2) is 45.0 Å². The van der Waals surface area contributed by atoms with Gasteiger partial charge in [-0.1, -0.05) is 0 Å². The van der Waals surface area contributed by atoms with Gasteiger partial charge < -0.3 is 15.3 Å². The van der Waals surface area contributed by atoms with E-state index >= 15 is 0 Å². The van der Waals surface area contributed by atoms with E-state index in [1.165, 1.54) is 21.8 Å². The molecule has 2 heterocycles. The van der Waals surface area contributed by atoms with Crippen molar-refractivity contribution in [1.29, 1.82) is 0 Å². The van der Waals surface area contributed by atoms with Crippen LogP contribution in [0.15, 0.2) is 36.7 Å². The molecule has 1 aliphatic heterocycles. The molecule has 1 aliphatic rings. The molecular formula is C15H15F3N4O2. The number of halogens is 3. The summed E-state index contributed by atoms with van der Waals surface area (Å²) in [5.74, 6) is 0. The fourth-order valence-electron chi connectivity index (χ4n) is 2.54. The highest BCUT2D eigenvalue weighted by Crippen LogP contribution is 2.33. The first-order valence-corrected chi connectivity index (χ1v) is 7.30. The van der Waals surface area contributed by atoms with Crippen LogP contribution < -0.4 is 5.32 Å². The van der Waals surface area contributed by atoms with Crippen molar-refractivity contribution in [3.05, 3.63) is 42.2 Å². The number of aromatic nitrogens is 2. The molecular weight excluding hydrogens is 325 g/mol. The van der Waals surface area contributed by atoms with Crippen LogP contribution in [0.25, 0.3) is 5.69 Å². The number of carbonyl (C=O) groups is 1. The third-order valence-electron chi connectivity index (χ3n) is 3.77. The van der Waals surface area contributed by atoms with Crippen molar-refractivity contribution in [2.75, 3.05) is 18.4 Å². The molecule has 6 nitrogen and oxygen atoms in total. The van der Waals surface area contributed by atoms with Crippen molar-refractivity contribution in [1.82, 2.24) is 14.7 Å². The summed E-state index contributed by atoms with van der Waals surface area (Å²) >= 11 is 0. The van der Waals surface area contributed by atoms with Gasteiger partial charge in [0.1, 0.15) is 0 Å². The Morgan fingerprint density at radius 3 is 2.75 bits per heavy atom. The van der Waals surface area contributed by atoms with Gasteiger partial charge in [0, 0.05) is 25.5 Å². The number of hydrogen-bond acceptors (Lipinski definition) is 3. The van der Waals surface area contributed by atoms with Gasteiger partial charge in [-0.2, -0.15) is 18.3 Å². The third-order valence-corrected chi connectivity index (χ3v) is 3.77. The van der Waals surface area contributed by atoms with E-state index in [0.717, 1.165) is 12.1 Å². The minimum atomic E-state index is -4.52. The molecule has 0 unspecified atom stereocenters. The quantitative estimate of drug-likeness (QED) is 0.882. The number of rotatable bonds is 2. The molecule has 3 rings (SSSR count). The van der Waals surface area contributed by atoms with Crippen molar-refractivity contribution < 1.29 is 23.1 Å². The number of aliphatic hydroxyl groups excluding tert-OH is 1. The molecule has 0 spiro atoms. The van der Waals surface area contributed by atoms with Crippen LogP contribution in [0.2, 0.25) is 0 Å². The molecule has 128 valence electrons. The first-order valence-electron chi connectivity index (χ1n) is 7.30. The van der Waals surface area contributed by atoms with Gasteiger partial charge in [-0.3, -0.25) is 0 Å². The molecule has 1 saturated heterocycles. The van der Waals surface area contributed by atoms with Crippen LogP contribution in [0.3, 0.4) is 0 Å². The predicted molar refractivity (Wildman–Crippen MR) is 79.8 cm³/mol. The highest BCUT2D eigenvalue weighted by Gasteiger charge is 2.32. The Balaban J connectivity index is 1.92. The van der Waals surface area contributed by atoms with Crippen molar-refractivity contribution in [3.63, 3.8) is 0 Å². The number of amides is 2.